The molecule has 1 heterocycles. The summed E-state index contributed by atoms with van der Waals surface area (Å²) < 4.78 is 2.27. The standard InChI is InChI=1S/C10H15Br2NS/c1-5(2)6(3)9(13)7-4-8(11)14-10(7)12/h4-6,9H,13H2,1-3H3. The fourth-order valence-electron chi connectivity index (χ4n) is 1.28. The monoisotopic (exact) mass is 339 g/mol. The third-order valence-corrected chi connectivity index (χ3v) is 5.05. The van der Waals surface area contributed by atoms with Gasteiger partial charge in [-0.15, -0.1) is 11.3 Å². The van der Waals surface area contributed by atoms with Crippen LogP contribution in [0.4, 0.5) is 0 Å². The summed E-state index contributed by atoms with van der Waals surface area (Å²) in [5.41, 5.74) is 7.42. The van der Waals surface area contributed by atoms with E-state index in [2.05, 4.69) is 58.7 Å². The molecule has 2 atom stereocenters. The molecule has 1 rings (SSSR count). The second-order valence-corrected chi connectivity index (χ2v) is 7.66. The lowest BCUT2D eigenvalue weighted by atomic mass is 9.88. The van der Waals surface area contributed by atoms with Gasteiger partial charge in [0.25, 0.3) is 0 Å². The topological polar surface area (TPSA) is 26.0 Å². The molecule has 14 heavy (non-hydrogen) atoms. The normalized spacial score (nSPS) is 15.9. The summed E-state index contributed by atoms with van der Waals surface area (Å²) in [6, 6.07) is 2.23. The van der Waals surface area contributed by atoms with E-state index in [1.807, 2.05) is 0 Å². The maximum atomic E-state index is 6.21. The van der Waals surface area contributed by atoms with Crippen molar-refractivity contribution in [1.29, 1.82) is 0 Å². The van der Waals surface area contributed by atoms with Crippen LogP contribution in [0.25, 0.3) is 0 Å². The van der Waals surface area contributed by atoms with E-state index in [0.29, 0.717) is 11.8 Å². The van der Waals surface area contributed by atoms with Gasteiger partial charge in [-0.2, -0.15) is 0 Å². The number of nitrogens with two attached hydrogens (primary N) is 1. The molecular formula is C10H15Br2NS. The van der Waals surface area contributed by atoms with E-state index in [0.717, 1.165) is 7.57 Å². The van der Waals surface area contributed by atoms with E-state index in [-0.39, 0.29) is 6.04 Å². The number of hydrogen-bond acceptors (Lipinski definition) is 2. The van der Waals surface area contributed by atoms with Crippen molar-refractivity contribution in [3.63, 3.8) is 0 Å². The molecule has 0 amide bonds. The molecule has 4 heteroatoms. The summed E-state index contributed by atoms with van der Waals surface area (Å²) in [4.78, 5) is 0. The third kappa shape index (κ3) is 2.81. The molecule has 0 aliphatic carbocycles. The molecule has 0 radical (unpaired) electrons. The van der Waals surface area contributed by atoms with Gasteiger partial charge in [-0.25, -0.2) is 0 Å². The number of thiophene rings is 1. The van der Waals surface area contributed by atoms with Crippen molar-refractivity contribution in [2.75, 3.05) is 0 Å². The predicted octanol–water partition coefficient (Wildman–Crippen LogP) is 4.57. The van der Waals surface area contributed by atoms with Crippen LogP contribution in [0, 0.1) is 11.8 Å². The van der Waals surface area contributed by atoms with E-state index >= 15 is 0 Å². The van der Waals surface area contributed by atoms with Gasteiger partial charge < -0.3 is 5.73 Å². The van der Waals surface area contributed by atoms with Gasteiger partial charge in [0.05, 0.1) is 7.57 Å². The fourth-order valence-corrected chi connectivity index (χ4v) is 4.23. The Bertz CT molecular complexity index is 309. The first-order valence-electron chi connectivity index (χ1n) is 4.63. The minimum atomic E-state index is 0.118. The van der Waals surface area contributed by atoms with Crippen molar-refractivity contribution in [3.8, 4) is 0 Å². The summed E-state index contributed by atoms with van der Waals surface area (Å²) in [5.74, 6) is 1.10. The van der Waals surface area contributed by atoms with Crippen LogP contribution in [0.2, 0.25) is 0 Å². The molecule has 0 fully saturated rings. The second-order valence-electron chi connectivity index (χ2n) is 3.91. The molecule has 1 aromatic rings. The lowest BCUT2D eigenvalue weighted by Gasteiger charge is -2.23. The Balaban J connectivity index is 2.88. The summed E-state index contributed by atoms with van der Waals surface area (Å²) in [7, 11) is 0. The molecule has 0 saturated heterocycles. The van der Waals surface area contributed by atoms with Crippen molar-refractivity contribution >= 4 is 43.2 Å². The van der Waals surface area contributed by atoms with Crippen molar-refractivity contribution in [2.45, 2.75) is 26.8 Å². The Morgan fingerprint density at radius 2 is 1.86 bits per heavy atom. The van der Waals surface area contributed by atoms with Crippen LogP contribution in [0.1, 0.15) is 32.4 Å². The Morgan fingerprint density at radius 3 is 2.21 bits per heavy atom. The van der Waals surface area contributed by atoms with Gasteiger partial charge in [-0.3, -0.25) is 0 Å². The second kappa shape index (κ2) is 5.10. The molecular weight excluding hydrogens is 326 g/mol. The molecule has 0 aliphatic rings. The summed E-state index contributed by atoms with van der Waals surface area (Å²) >= 11 is 8.69. The average molecular weight is 341 g/mol. The van der Waals surface area contributed by atoms with Gasteiger partial charge >= 0.3 is 0 Å². The molecule has 0 spiro atoms. The Kier molecular flexibility index (Phi) is 4.62. The zero-order valence-electron chi connectivity index (χ0n) is 8.55. The SMILES string of the molecule is CC(C)C(C)C(N)c1cc(Br)sc1Br. The van der Waals surface area contributed by atoms with Crippen LogP contribution < -0.4 is 5.73 Å². The fraction of sp³-hybridized carbons (Fsp3) is 0.600. The quantitative estimate of drug-likeness (QED) is 0.857. The van der Waals surface area contributed by atoms with Gasteiger partial charge in [0.15, 0.2) is 0 Å². The predicted molar refractivity (Wildman–Crippen MR) is 70.6 cm³/mol. The van der Waals surface area contributed by atoms with Crippen LogP contribution in [0.15, 0.2) is 13.6 Å². The molecule has 1 nitrogen and oxygen atoms in total. The Hall–Kier alpha value is 0.620. The van der Waals surface area contributed by atoms with Gasteiger partial charge in [0, 0.05) is 6.04 Å². The molecule has 0 aliphatic heterocycles. The highest BCUT2D eigenvalue weighted by atomic mass is 79.9. The summed E-state index contributed by atoms with van der Waals surface area (Å²) in [6.45, 7) is 6.62. The maximum absolute atomic E-state index is 6.21. The molecule has 2 unspecified atom stereocenters. The number of hydrogen-bond donors (Lipinski definition) is 1. The minimum Gasteiger partial charge on any atom is -0.324 e. The van der Waals surface area contributed by atoms with Crippen LogP contribution in [-0.2, 0) is 0 Å². The molecule has 80 valence electrons. The van der Waals surface area contributed by atoms with Crippen molar-refractivity contribution in [3.05, 3.63) is 19.2 Å². The van der Waals surface area contributed by atoms with Crippen LogP contribution in [-0.4, -0.2) is 0 Å². The number of halogens is 2. The van der Waals surface area contributed by atoms with Crippen molar-refractivity contribution in [1.82, 2.24) is 0 Å². The first kappa shape index (κ1) is 12.7. The van der Waals surface area contributed by atoms with Gasteiger partial charge in [0.2, 0.25) is 0 Å². The largest absolute Gasteiger partial charge is 0.324 e. The van der Waals surface area contributed by atoms with Gasteiger partial charge in [-0.1, -0.05) is 20.8 Å². The van der Waals surface area contributed by atoms with E-state index in [1.165, 1.54) is 5.56 Å². The van der Waals surface area contributed by atoms with Crippen molar-refractivity contribution in [2.24, 2.45) is 17.6 Å². The summed E-state index contributed by atoms with van der Waals surface area (Å²) in [5, 5.41) is 0. The highest BCUT2D eigenvalue weighted by Gasteiger charge is 2.21. The molecule has 0 saturated carbocycles. The molecule has 0 bridgehead atoms. The smallest absolute Gasteiger partial charge is 0.0758 e. The Labute approximate surface area is 106 Å². The highest BCUT2D eigenvalue weighted by Crippen LogP contribution is 2.38. The average Bonchev–Trinajstić information content (AvgIpc) is 2.42. The van der Waals surface area contributed by atoms with E-state index in [4.69, 9.17) is 5.73 Å². The molecule has 2 N–H and O–H groups in total. The number of rotatable bonds is 3. The van der Waals surface area contributed by atoms with Crippen LogP contribution in [0.5, 0.6) is 0 Å². The van der Waals surface area contributed by atoms with E-state index in [9.17, 15) is 0 Å². The van der Waals surface area contributed by atoms with Gasteiger partial charge in [-0.05, 0) is 55.3 Å². The zero-order valence-corrected chi connectivity index (χ0v) is 12.5. The zero-order chi connectivity index (χ0) is 10.9. The van der Waals surface area contributed by atoms with E-state index < -0.39 is 0 Å². The van der Waals surface area contributed by atoms with Gasteiger partial charge in [0.1, 0.15) is 0 Å². The lowest BCUT2D eigenvalue weighted by molar-refractivity contribution is 0.352. The lowest BCUT2D eigenvalue weighted by Crippen LogP contribution is -2.22. The minimum absolute atomic E-state index is 0.118. The Morgan fingerprint density at radius 1 is 1.29 bits per heavy atom. The molecule has 0 aromatic carbocycles. The first-order valence-corrected chi connectivity index (χ1v) is 7.04. The third-order valence-electron chi connectivity index (χ3n) is 2.66. The maximum Gasteiger partial charge on any atom is 0.0758 e. The first-order chi connectivity index (χ1) is 6.43. The van der Waals surface area contributed by atoms with Crippen LogP contribution in [0.3, 0.4) is 0 Å². The molecule has 1 aromatic heterocycles. The van der Waals surface area contributed by atoms with Crippen molar-refractivity contribution < 1.29 is 0 Å². The van der Waals surface area contributed by atoms with E-state index in [1.54, 1.807) is 11.3 Å². The summed E-state index contributed by atoms with van der Waals surface area (Å²) in [6.07, 6.45) is 0. The highest BCUT2D eigenvalue weighted by molar-refractivity contribution is 9.12. The van der Waals surface area contributed by atoms with Crippen LogP contribution >= 0.6 is 43.2 Å².